The van der Waals surface area contributed by atoms with Gasteiger partial charge in [0.2, 0.25) is 0 Å². The maximum absolute atomic E-state index is 12.8. The first-order chi connectivity index (χ1) is 13.9. The van der Waals surface area contributed by atoms with Gasteiger partial charge in [-0.05, 0) is 19.1 Å². The molecule has 3 rings (SSSR count). The average Bonchev–Trinajstić information content (AvgIpc) is 3.28. The summed E-state index contributed by atoms with van der Waals surface area (Å²) in [6.07, 6.45) is -8.37. The number of nitrogens with zero attached hydrogens (tertiary/aromatic N) is 4. The number of carbonyl (C=O) groups excluding carboxylic acids is 1. The van der Waals surface area contributed by atoms with Gasteiger partial charge in [0.15, 0.2) is 11.5 Å². The molecule has 3 aromatic heterocycles. The predicted molar refractivity (Wildman–Crippen MR) is 88.8 cm³/mol. The van der Waals surface area contributed by atoms with Crippen molar-refractivity contribution in [3.8, 4) is 11.3 Å². The van der Waals surface area contributed by atoms with E-state index in [1.807, 2.05) is 0 Å². The molecule has 0 bridgehead atoms. The number of alkyl halides is 6. The smallest absolute Gasteiger partial charge is 0.359 e. The minimum atomic E-state index is -4.71. The number of rotatable bonds is 4. The van der Waals surface area contributed by atoms with Crippen molar-refractivity contribution in [2.45, 2.75) is 25.3 Å². The molecular formula is C17H13F6N5O2. The van der Waals surface area contributed by atoms with E-state index in [9.17, 15) is 31.1 Å². The third-order valence-corrected chi connectivity index (χ3v) is 4.05. The Balaban J connectivity index is 1.77. The lowest BCUT2D eigenvalue weighted by atomic mass is 10.1. The minimum absolute atomic E-state index is 0.0684. The third-order valence-electron chi connectivity index (χ3n) is 4.05. The first-order valence-corrected chi connectivity index (χ1v) is 8.28. The summed E-state index contributed by atoms with van der Waals surface area (Å²) in [6, 6.07) is 3.16. The van der Waals surface area contributed by atoms with E-state index in [2.05, 4.69) is 20.6 Å². The van der Waals surface area contributed by atoms with Gasteiger partial charge in [-0.25, -0.2) is 0 Å². The third kappa shape index (κ3) is 4.44. The van der Waals surface area contributed by atoms with Crippen LogP contribution in [-0.4, -0.2) is 25.8 Å². The van der Waals surface area contributed by atoms with E-state index < -0.39 is 35.7 Å². The summed E-state index contributed by atoms with van der Waals surface area (Å²) in [5.74, 6) is -0.767. The molecule has 0 aliphatic heterocycles. The molecule has 1 amide bonds. The molecule has 3 heterocycles. The van der Waals surface area contributed by atoms with Gasteiger partial charge in [-0.2, -0.15) is 31.4 Å². The Hall–Kier alpha value is -3.38. The van der Waals surface area contributed by atoms with Crippen molar-refractivity contribution in [3.05, 3.63) is 53.3 Å². The fourth-order valence-electron chi connectivity index (χ4n) is 2.53. The SMILES string of the molecule is CC(NC(=O)c1cc(C(F)(F)F)nn1C)c1cc(-c2ccnc(C(F)(F)F)c2)no1. The number of nitrogens with one attached hydrogen (secondary N) is 1. The minimum Gasteiger partial charge on any atom is -0.359 e. The van der Waals surface area contributed by atoms with Crippen molar-refractivity contribution in [3.63, 3.8) is 0 Å². The second-order valence-corrected chi connectivity index (χ2v) is 6.27. The predicted octanol–water partition coefficient (Wildman–Crippen LogP) is 4.00. The molecule has 0 fully saturated rings. The Morgan fingerprint density at radius 2 is 1.77 bits per heavy atom. The van der Waals surface area contributed by atoms with Gasteiger partial charge in [0, 0.05) is 30.9 Å². The molecule has 0 saturated carbocycles. The summed E-state index contributed by atoms with van der Waals surface area (Å²) in [7, 11) is 1.18. The highest BCUT2D eigenvalue weighted by atomic mass is 19.4. The lowest BCUT2D eigenvalue weighted by molar-refractivity contribution is -0.142. The molecule has 1 atom stereocenters. The average molecular weight is 433 g/mol. The lowest BCUT2D eigenvalue weighted by Gasteiger charge is -2.10. The van der Waals surface area contributed by atoms with Crippen LogP contribution in [0.4, 0.5) is 26.3 Å². The highest BCUT2D eigenvalue weighted by molar-refractivity contribution is 5.92. The zero-order valence-electron chi connectivity index (χ0n) is 15.3. The molecule has 3 aromatic rings. The number of carbonyl (C=O) groups is 1. The number of pyridine rings is 1. The molecule has 0 aromatic carbocycles. The van der Waals surface area contributed by atoms with E-state index in [4.69, 9.17) is 4.52 Å². The summed E-state index contributed by atoms with van der Waals surface area (Å²) in [4.78, 5) is 15.5. The van der Waals surface area contributed by atoms with Crippen LogP contribution >= 0.6 is 0 Å². The van der Waals surface area contributed by atoms with Crippen LogP contribution in [0.2, 0.25) is 0 Å². The van der Waals surface area contributed by atoms with Crippen molar-refractivity contribution in [2.75, 3.05) is 0 Å². The fraction of sp³-hybridized carbons (Fsp3) is 0.294. The maximum atomic E-state index is 12.8. The maximum Gasteiger partial charge on any atom is 0.435 e. The van der Waals surface area contributed by atoms with Gasteiger partial charge in [-0.15, -0.1) is 0 Å². The first-order valence-electron chi connectivity index (χ1n) is 8.28. The highest BCUT2D eigenvalue weighted by Crippen LogP contribution is 2.31. The number of aromatic nitrogens is 4. The quantitative estimate of drug-likeness (QED) is 0.629. The summed E-state index contributed by atoms with van der Waals surface area (Å²) in [5, 5.41) is 9.35. The van der Waals surface area contributed by atoms with E-state index in [0.717, 1.165) is 16.9 Å². The van der Waals surface area contributed by atoms with E-state index >= 15 is 0 Å². The van der Waals surface area contributed by atoms with Crippen molar-refractivity contribution in [1.29, 1.82) is 0 Å². The number of hydrogen-bond donors (Lipinski definition) is 1. The first kappa shape index (κ1) is 21.3. The largest absolute Gasteiger partial charge is 0.435 e. The molecule has 30 heavy (non-hydrogen) atoms. The molecular weight excluding hydrogens is 420 g/mol. The lowest BCUT2D eigenvalue weighted by Crippen LogP contribution is -2.28. The molecule has 1 N–H and O–H groups in total. The van der Waals surface area contributed by atoms with Gasteiger partial charge in [0.1, 0.15) is 17.1 Å². The Bertz CT molecular complexity index is 1070. The van der Waals surface area contributed by atoms with Crippen LogP contribution in [0.3, 0.4) is 0 Å². The fourth-order valence-corrected chi connectivity index (χ4v) is 2.53. The van der Waals surface area contributed by atoms with Gasteiger partial charge in [0.25, 0.3) is 5.91 Å². The summed E-state index contributed by atoms with van der Waals surface area (Å²) in [5.41, 5.74) is -2.51. The molecule has 13 heteroatoms. The summed E-state index contributed by atoms with van der Waals surface area (Å²) >= 11 is 0. The van der Waals surface area contributed by atoms with Crippen molar-refractivity contribution in [2.24, 2.45) is 7.05 Å². The summed E-state index contributed by atoms with van der Waals surface area (Å²) in [6.45, 7) is 1.47. The molecule has 0 aliphatic rings. The molecule has 0 aliphatic carbocycles. The monoisotopic (exact) mass is 433 g/mol. The van der Waals surface area contributed by atoms with E-state index in [-0.39, 0.29) is 22.7 Å². The second kappa shape index (κ2) is 7.46. The molecule has 0 saturated heterocycles. The molecule has 0 spiro atoms. The molecule has 7 nitrogen and oxygen atoms in total. The van der Waals surface area contributed by atoms with Crippen LogP contribution in [-0.2, 0) is 19.4 Å². The Kier molecular flexibility index (Phi) is 5.31. The van der Waals surface area contributed by atoms with Gasteiger partial charge in [0.05, 0.1) is 6.04 Å². The Morgan fingerprint density at radius 1 is 1.10 bits per heavy atom. The van der Waals surface area contributed by atoms with Crippen LogP contribution in [0, 0.1) is 0 Å². The zero-order chi connectivity index (χ0) is 22.3. The number of amides is 1. The van der Waals surface area contributed by atoms with Gasteiger partial charge < -0.3 is 9.84 Å². The van der Waals surface area contributed by atoms with E-state index in [0.29, 0.717) is 6.07 Å². The van der Waals surface area contributed by atoms with Crippen LogP contribution in [0.15, 0.2) is 35.0 Å². The van der Waals surface area contributed by atoms with E-state index in [1.165, 1.54) is 26.1 Å². The molecule has 0 radical (unpaired) electrons. The van der Waals surface area contributed by atoms with Crippen molar-refractivity contribution < 1.29 is 35.7 Å². The Labute approximate surface area is 164 Å². The van der Waals surface area contributed by atoms with Crippen LogP contribution in [0.25, 0.3) is 11.3 Å². The topological polar surface area (TPSA) is 85.8 Å². The number of halogens is 6. The standard InChI is InChI=1S/C17H13F6N5O2/c1-8(25-15(29)11-7-14(17(21,22)23)26-28(11)2)12-6-10(27-30-12)9-3-4-24-13(5-9)16(18,19)20/h3-8H,1-2H3,(H,25,29). The molecule has 160 valence electrons. The highest BCUT2D eigenvalue weighted by Gasteiger charge is 2.36. The van der Waals surface area contributed by atoms with E-state index in [1.54, 1.807) is 0 Å². The normalized spacial score (nSPS) is 13.3. The number of hydrogen-bond acceptors (Lipinski definition) is 5. The van der Waals surface area contributed by atoms with Gasteiger partial charge in [-0.3, -0.25) is 14.5 Å². The summed E-state index contributed by atoms with van der Waals surface area (Å²) < 4.78 is 82.4. The molecule has 1 unspecified atom stereocenters. The van der Waals surface area contributed by atoms with Crippen molar-refractivity contribution in [1.82, 2.24) is 25.2 Å². The zero-order valence-corrected chi connectivity index (χ0v) is 15.3. The van der Waals surface area contributed by atoms with Crippen molar-refractivity contribution >= 4 is 5.91 Å². The number of aryl methyl sites for hydroxylation is 1. The van der Waals surface area contributed by atoms with Crippen LogP contribution < -0.4 is 5.32 Å². The Morgan fingerprint density at radius 3 is 2.37 bits per heavy atom. The van der Waals surface area contributed by atoms with Crippen LogP contribution in [0.5, 0.6) is 0 Å². The van der Waals surface area contributed by atoms with Crippen LogP contribution in [0.1, 0.15) is 40.6 Å². The second-order valence-electron chi connectivity index (χ2n) is 6.27. The van der Waals surface area contributed by atoms with Gasteiger partial charge in [-0.1, -0.05) is 5.16 Å². The van der Waals surface area contributed by atoms with Gasteiger partial charge >= 0.3 is 12.4 Å².